The molecule has 0 unspecified atom stereocenters. The van der Waals surface area contributed by atoms with Crippen LogP contribution in [0.4, 0.5) is 18.9 Å². The minimum Gasteiger partial charge on any atom is -0.493 e. The lowest BCUT2D eigenvalue weighted by atomic mass is 9.99. The van der Waals surface area contributed by atoms with Crippen molar-refractivity contribution in [2.24, 2.45) is 0 Å². The van der Waals surface area contributed by atoms with E-state index in [0.29, 0.717) is 17.7 Å². The number of aryl methyl sites for hydroxylation is 1. The average Bonchev–Trinajstić information content (AvgIpc) is 2.37. The molecule has 0 saturated carbocycles. The van der Waals surface area contributed by atoms with Gasteiger partial charge in [-0.2, -0.15) is 4.39 Å². The van der Waals surface area contributed by atoms with Gasteiger partial charge in [0.05, 0.1) is 7.11 Å². The van der Waals surface area contributed by atoms with Crippen LogP contribution in [-0.2, 0) is 6.42 Å². The van der Waals surface area contributed by atoms with Crippen molar-refractivity contribution in [3.05, 3.63) is 35.1 Å². The fourth-order valence-electron chi connectivity index (χ4n) is 2.06. The first kappa shape index (κ1) is 12.5. The summed E-state index contributed by atoms with van der Waals surface area (Å²) in [7, 11) is 1.21. The monoisotopic (exact) mass is 255 g/mol. The molecule has 5 heteroatoms. The lowest BCUT2D eigenvalue weighted by Gasteiger charge is -2.13. The smallest absolute Gasteiger partial charge is 0.204 e. The Morgan fingerprint density at radius 1 is 1.11 bits per heavy atom. The van der Waals surface area contributed by atoms with E-state index >= 15 is 0 Å². The van der Waals surface area contributed by atoms with E-state index in [0.717, 1.165) is 0 Å². The Hall–Kier alpha value is -1.91. The van der Waals surface area contributed by atoms with Gasteiger partial charge in [-0.3, -0.25) is 0 Å². The Labute approximate surface area is 102 Å². The SMILES string of the molecule is CCc1cc(N)cc2c(F)c(F)c(F)c(OC)c12. The number of nitrogens with two attached hydrogens (primary N) is 1. The van der Waals surface area contributed by atoms with Crippen LogP contribution < -0.4 is 10.5 Å². The van der Waals surface area contributed by atoms with Gasteiger partial charge in [-0.25, -0.2) is 8.78 Å². The van der Waals surface area contributed by atoms with E-state index in [1.165, 1.54) is 13.2 Å². The zero-order valence-corrected chi connectivity index (χ0v) is 9.98. The number of methoxy groups -OCH3 is 1. The van der Waals surface area contributed by atoms with Crippen LogP contribution in [0.15, 0.2) is 12.1 Å². The zero-order valence-electron chi connectivity index (χ0n) is 9.98. The van der Waals surface area contributed by atoms with Crippen LogP contribution in [0.25, 0.3) is 10.8 Å². The Bertz CT molecular complexity index is 626. The molecule has 0 atom stereocenters. The van der Waals surface area contributed by atoms with E-state index in [-0.39, 0.29) is 16.5 Å². The second-order valence-electron chi connectivity index (χ2n) is 3.93. The maximum atomic E-state index is 13.7. The topological polar surface area (TPSA) is 35.2 Å². The summed E-state index contributed by atoms with van der Waals surface area (Å²) in [5.74, 6) is -4.40. The molecule has 0 radical (unpaired) electrons. The molecule has 0 spiro atoms. The van der Waals surface area contributed by atoms with E-state index < -0.39 is 17.5 Å². The molecular weight excluding hydrogens is 243 g/mol. The summed E-state index contributed by atoms with van der Waals surface area (Å²) >= 11 is 0. The molecule has 0 heterocycles. The third kappa shape index (κ3) is 1.66. The van der Waals surface area contributed by atoms with Gasteiger partial charge in [0.15, 0.2) is 17.4 Å². The van der Waals surface area contributed by atoms with E-state index in [2.05, 4.69) is 0 Å². The summed E-state index contributed by atoms with van der Waals surface area (Å²) in [6.07, 6.45) is 0.502. The molecule has 0 amide bonds. The van der Waals surface area contributed by atoms with Crippen molar-refractivity contribution in [2.75, 3.05) is 12.8 Å². The number of anilines is 1. The Morgan fingerprint density at radius 3 is 2.33 bits per heavy atom. The summed E-state index contributed by atoms with van der Waals surface area (Å²) in [6, 6.07) is 2.87. The quantitative estimate of drug-likeness (QED) is 0.659. The molecule has 0 aliphatic heterocycles. The molecule has 0 aromatic heterocycles. The number of ether oxygens (including phenoxy) is 1. The minimum atomic E-state index is -1.55. The van der Waals surface area contributed by atoms with Gasteiger partial charge in [-0.05, 0) is 24.1 Å². The van der Waals surface area contributed by atoms with Gasteiger partial charge in [0.2, 0.25) is 5.82 Å². The number of fused-ring (bicyclic) bond motifs is 1. The second-order valence-corrected chi connectivity index (χ2v) is 3.93. The summed E-state index contributed by atoms with van der Waals surface area (Å²) < 4.78 is 45.6. The Balaban J connectivity index is 3.05. The van der Waals surface area contributed by atoms with Crippen molar-refractivity contribution in [1.29, 1.82) is 0 Å². The zero-order chi connectivity index (χ0) is 13.4. The van der Waals surface area contributed by atoms with Gasteiger partial charge in [0.1, 0.15) is 0 Å². The summed E-state index contributed by atoms with van der Waals surface area (Å²) in [5, 5.41) is 0.160. The van der Waals surface area contributed by atoms with E-state index in [9.17, 15) is 13.2 Å². The summed E-state index contributed by atoms with van der Waals surface area (Å²) in [6.45, 7) is 1.81. The van der Waals surface area contributed by atoms with Crippen LogP contribution in [0.3, 0.4) is 0 Å². The van der Waals surface area contributed by atoms with Crippen LogP contribution in [-0.4, -0.2) is 7.11 Å². The van der Waals surface area contributed by atoms with Crippen LogP contribution >= 0.6 is 0 Å². The highest BCUT2D eigenvalue weighted by atomic mass is 19.2. The molecule has 2 aromatic rings. The maximum Gasteiger partial charge on any atom is 0.204 e. The molecule has 2 rings (SSSR count). The van der Waals surface area contributed by atoms with Crippen LogP contribution in [0.5, 0.6) is 5.75 Å². The Kier molecular flexibility index (Phi) is 3.07. The van der Waals surface area contributed by atoms with Gasteiger partial charge in [0, 0.05) is 16.5 Å². The standard InChI is InChI=1S/C13H12F3NO/c1-3-6-4-7(17)5-8-9(6)13(18-2)12(16)11(15)10(8)14/h4-5H,3,17H2,1-2H3. The molecule has 2 nitrogen and oxygen atoms in total. The highest BCUT2D eigenvalue weighted by Gasteiger charge is 2.22. The lowest BCUT2D eigenvalue weighted by Crippen LogP contribution is -2.01. The first-order chi connectivity index (χ1) is 8.51. The largest absolute Gasteiger partial charge is 0.493 e. The molecule has 2 aromatic carbocycles. The molecule has 0 aliphatic rings. The number of nitrogen functional groups attached to an aromatic ring is 1. The normalized spacial score (nSPS) is 10.9. The minimum absolute atomic E-state index is 0.0670. The highest BCUT2D eigenvalue weighted by Crippen LogP contribution is 2.37. The van der Waals surface area contributed by atoms with Crippen molar-refractivity contribution in [3.63, 3.8) is 0 Å². The van der Waals surface area contributed by atoms with E-state index in [4.69, 9.17) is 10.5 Å². The first-order valence-electron chi connectivity index (χ1n) is 5.43. The molecular formula is C13H12F3NO. The number of benzene rings is 2. The molecule has 0 saturated heterocycles. The molecule has 0 fully saturated rings. The van der Waals surface area contributed by atoms with Crippen molar-refractivity contribution < 1.29 is 17.9 Å². The lowest BCUT2D eigenvalue weighted by molar-refractivity contribution is 0.367. The van der Waals surface area contributed by atoms with Crippen LogP contribution in [0.2, 0.25) is 0 Å². The van der Waals surface area contributed by atoms with Gasteiger partial charge in [-0.1, -0.05) is 6.92 Å². The van der Waals surface area contributed by atoms with Crippen molar-refractivity contribution in [3.8, 4) is 5.75 Å². The van der Waals surface area contributed by atoms with Gasteiger partial charge in [-0.15, -0.1) is 0 Å². The van der Waals surface area contributed by atoms with E-state index in [1.54, 1.807) is 6.07 Å². The second kappa shape index (κ2) is 4.40. The van der Waals surface area contributed by atoms with Gasteiger partial charge < -0.3 is 10.5 Å². The average molecular weight is 255 g/mol. The molecule has 18 heavy (non-hydrogen) atoms. The van der Waals surface area contributed by atoms with Crippen molar-refractivity contribution in [1.82, 2.24) is 0 Å². The maximum absolute atomic E-state index is 13.7. The number of hydrogen-bond acceptors (Lipinski definition) is 2. The molecule has 0 aliphatic carbocycles. The van der Waals surface area contributed by atoms with Crippen molar-refractivity contribution in [2.45, 2.75) is 13.3 Å². The fourth-order valence-corrected chi connectivity index (χ4v) is 2.06. The molecule has 2 N–H and O–H groups in total. The number of rotatable bonds is 2. The van der Waals surface area contributed by atoms with Gasteiger partial charge >= 0.3 is 0 Å². The number of halogens is 3. The molecule has 0 bridgehead atoms. The Morgan fingerprint density at radius 2 is 1.78 bits per heavy atom. The van der Waals surface area contributed by atoms with Crippen LogP contribution in [0.1, 0.15) is 12.5 Å². The van der Waals surface area contributed by atoms with Crippen molar-refractivity contribution >= 4 is 16.5 Å². The summed E-state index contributed by atoms with van der Waals surface area (Å²) in [4.78, 5) is 0. The third-order valence-electron chi connectivity index (χ3n) is 2.88. The third-order valence-corrected chi connectivity index (χ3v) is 2.88. The molecule has 96 valence electrons. The fraction of sp³-hybridized carbons (Fsp3) is 0.231. The number of hydrogen-bond donors (Lipinski definition) is 1. The predicted molar refractivity (Wildman–Crippen MR) is 64.2 cm³/mol. The van der Waals surface area contributed by atoms with Gasteiger partial charge in [0.25, 0.3) is 0 Å². The highest BCUT2D eigenvalue weighted by molar-refractivity contribution is 5.94. The van der Waals surface area contributed by atoms with E-state index in [1.807, 2.05) is 6.92 Å². The summed E-state index contributed by atoms with van der Waals surface area (Å²) in [5.41, 5.74) is 6.53. The predicted octanol–water partition coefficient (Wildman–Crippen LogP) is 3.41. The van der Waals surface area contributed by atoms with Crippen LogP contribution in [0, 0.1) is 17.5 Å². The first-order valence-corrected chi connectivity index (χ1v) is 5.43.